The van der Waals surface area contributed by atoms with Crippen LogP contribution >= 0.6 is 0 Å². The van der Waals surface area contributed by atoms with Gasteiger partial charge in [0.15, 0.2) is 16.8 Å². The Morgan fingerprint density at radius 2 is 1.81 bits per heavy atom. The molecule has 1 unspecified atom stereocenters. The highest BCUT2D eigenvalue weighted by Gasteiger charge is 2.26. The molecule has 2 aromatic rings. The second kappa shape index (κ2) is 5.69. The third kappa shape index (κ3) is 2.56. The number of hydrogen-bond acceptors (Lipinski definition) is 3. The van der Waals surface area contributed by atoms with Crippen molar-refractivity contribution in [3.05, 3.63) is 54.1 Å². The Morgan fingerprint density at radius 3 is 2.52 bits per heavy atom. The van der Waals surface area contributed by atoms with Gasteiger partial charge in [-0.15, -0.1) is 0 Å². The van der Waals surface area contributed by atoms with Crippen LogP contribution in [0.3, 0.4) is 0 Å². The molecular formula is C16H15NO3S. The largest absolute Gasteiger partial charge is 0.497 e. The van der Waals surface area contributed by atoms with E-state index in [2.05, 4.69) is 0 Å². The number of hydrogen-bond donors (Lipinski definition) is 0. The van der Waals surface area contributed by atoms with Gasteiger partial charge < -0.3 is 4.74 Å². The molecule has 0 saturated carbocycles. The zero-order chi connectivity index (χ0) is 14.8. The SMILES string of the molecule is COc1ccc(S(=O)N2CCC(=O)c3ccccc32)cc1. The molecule has 4 nitrogen and oxygen atoms in total. The number of methoxy groups -OCH3 is 1. The molecule has 0 aliphatic carbocycles. The molecule has 2 aromatic carbocycles. The summed E-state index contributed by atoms with van der Waals surface area (Å²) in [4.78, 5) is 12.6. The summed E-state index contributed by atoms with van der Waals surface area (Å²) in [5.41, 5.74) is 1.38. The Hall–Kier alpha value is -2.14. The van der Waals surface area contributed by atoms with E-state index in [9.17, 15) is 9.00 Å². The van der Waals surface area contributed by atoms with E-state index >= 15 is 0 Å². The molecule has 1 aliphatic heterocycles. The summed E-state index contributed by atoms with van der Waals surface area (Å²) in [6.45, 7) is 0.467. The fourth-order valence-electron chi connectivity index (χ4n) is 2.38. The van der Waals surface area contributed by atoms with E-state index in [1.807, 2.05) is 18.2 Å². The molecule has 108 valence electrons. The average Bonchev–Trinajstić information content (AvgIpc) is 2.55. The van der Waals surface area contributed by atoms with Crippen molar-refractivity contribution in [3.8, 4) is 5.75 Å². The highest BCUT2D eigenvalue weighted by Crippen LogP contribution is 2.30. The van der Waals surface area contributed by atoms with Gasteiger partial charge in [0.2, 0.25) is 0 Å². The molecular weight excluding hydrogens is 286 g/mol. The summed E-state index contributed by atoms with van der Waals surface area (Å²) in [6, 6.07) is 14.5. The minimum absolute atomic E-state index is 0.105. The lowest BCUT2D eigenvalue weighted by molar-refractivity contribution is 0.0982. The zero-order valence-corrected chi connectivity index (χ0v) is 12.4. The van der Waals surface area contributed by atoms with Crippen molar-refractivity contribution < 1.29 is 13.7 Å². The summed E-state index contributed by atoms with van der Waals surface area (Å²) in [5.74, 6) is 0.832. The Balaban J connectivity index is 1.95. The molecule has 0 fully saturated rings. The van der Waals surface area contributed by atoms with Crippen LogP contribution in [0.5, 0.6) is 5.75 Å². The Morgan fingerprint density at radius 1 is 1.10 bits per heavy atom. The molecule has 3 rings (SSSR count). The highest BCUT2D eigenvalue weighted by atomic mass is 32.2. The maximum absolute atomic E-state index is 12.8. The van der Waals surface area contributed by atoms with E-state index in [-0.39, 0.29) is 5.78 Å². The van der Waals surface area contributed by atoms with E-state index < -0.39 is 11.0 Å². The van der Waals surface area contributed by atoms with Gasteiger partial charge in [-0.1, -0.05) is 12.1 Å². The van der Waals surface area contributed by atoms with E-state index in [1.54, 1.807) is 41.7 Å². The minimum atomic E-state index is -1.33. The summed E-state index contributed by atoms with van der Waals surface area (Å²) >= 11 is 0. The van der Waals surface area contributed by atoms with Crippen molar-refractivity contribution in [2.24, 2.45) is 0 Å². The lowest BCUT2D eigenvalue weighted by atomic mass is 10.0. The first-order chi connectivity index (χ1) is 10.2. The van der Waals surface area contributed by atoms with Crippen molar-refractivity contribution in [2.75, 3.05) is 18.0 Å². The van der Waals surface area contributed by atoms with Gasteiger partial charge in [-0.2, -0.15) is 0 Å². The van der Waals surface area contributed by atoms with Crippen molar-refractivity contribution in [3.63, 3.8) is 0 Å². The molecule has 1 aliphatic rings. The van der Waals surface area contributed by atoms with Crippen molar-refractivity contribution >= 4 is 22.5 Å². The van der Waals surface area contributed by atoms with Crippen LogP contribution in [0.15, 0.2) is 53.4 Å². The third-order valence-electron chi connectivity index (χ3n) is 3.48. The number of carbonyl (C=O) groups is 1. The van der Waals surface area contributed by atoms with Crippen molar-refractivity contribution in [1.82, 2.24) is 0 Å². The maximum Gasteiger partial charge on any atom is 0.166 e. The van der Waals surface area contributed by atoms with Gasteiger partial charge in [0.25, 0.3) is 0 Å². The van der Waals surface area contributed by atoms with Crippen LogP contribution in [0.4, 0.5) is 5.69 Å². The number of Topliss-reactive ketones (excluding diaryl/α,β-unsaturated/α-hetero) is 1. The number of para-hydroxylation sites is 1. The number of ketones is 1. The highest BCUT2D eigenvalue weighted by molar-refractivity contribution is 7.86. The van der Waals surface area contributed by atoms with Crippen LogP contribution < -0.4 is 9.04 Å². The zero-order valence-electron chi connectivity index (χ0n) is 11.6. The number of nitrogens with zero attached hydrogens (tertiary/aromatic N) is 1. The second-order valence-corrected chi connectivity index (χ2v) is 6.13. The molecule has 5 heteroatoms. The predicted molar refractivity (Wildman–Crippen MR) is 82.1 cm³/mol. The van der Waals surface area contributed by atoms with Gasteiger partial charge >= 0.3 is 0 Å². The molecule has 0 spiro atoms. The Kier molecular flexibility index (Phi) is 3.75. The predicted octanol–water partition coefficient (Wildman–Crippen LogP) is 2.81. The molecule has 0 aromatic heterocycles. The first-order valence-electron chi connectivity index (χ1n) is 6.66. The maximum atomic E-state index is 12.8. The monoisotopic (exact) mass is 301 g/mol. The molecule has 1 heterocycles. The normalized spacial score (nSPS) is 15.5. The van der Waals surface area contributed by atoms with Gasteiger partial charge in [0.1, 0.15) is 5.75 Å². The van der Waals surface area contributed by atoms with Crippen LogP contribution in [-0.2, 0) is 11.0 Å². The topological polar surface area (TPSA) is 46.6 Å². The Bertz CT molecular complexity index is 697. The summed E-state index contributed by atoms with van der Waals surface area (Å²) in [5, 5.41) is 0. The number of benzene rings is 2. The van der Waals surface area contributed by atoms with Gasteiger partial charge in [-0.3, -0.25) is 9.10 Å². The quantitative estimate of drug-likeness (QED) is 0.876. The van der Waals surface area contributed by atoms with E-state index in [0.717, 1.165) is 11.4 Å². The van der Waals surface area contributed by atoms with E-state index in [0.29, 0.717) is 23.4 Å². The molecule has 21 heavy (non-hydrogen) atoms. The van der Waals surface area contributed by atoms with Gasteiger partial charge in [-0.25, -0.2) is 4.21 Å². The number of anilines is 1. The summed E-state index contributed by atoms with van der Waals surface area (Å²) < 4.78 is 19.6. The van der Waals surface area contributed by atoms with Gasteiger partial charge in [-0.05, 0) is 36.4 Å². The molecule has 0 amide bonds. The molecule has 0 bridgehead atoms. The van der Waals surface area contributed by atoms with E-state index in [1.165, 1.54) is 0 Å². The van der Waals surface area contributed by atoms with Crippen LogP contribution in [-0.4, -0.2) is 23.6 Å². The van der Waals surface area contributed by atoms with Crippen LogP contribution in [0.1, 0.15) is 16.8 Å². The number of carbonyl (C=O) groups excluding carboxylic acids is 1. The molecule has 0 saturated heterocycles. The van der Waals surface area contributed by atoms with E-state index in [4.69, 9.17) is 4.74 Å². The van der Waals surface area contributed by atoms with Crippen molar-refractivity contribution in [1.29, 1.82) is 0 Å². The fraction of sp³-hybridized carbons (Fsp3) is 0.188. The molecule has 0 N–H and O–H groups in total. The minimum Gasteiger partial charge on any atom is -0.497 e. The second-order valence-electron chi connectivity index (χ2n) is 4.72. The smallest absolute Gasteiger partial charge is 0.166 e. The van der Waals surface area contributed by atoms with Crippen LogP contribution in [0.2, 0.25) is 0 Å². The van der Waals surface area contributed by atoms with Gasteiger partial charge in [0.05, 0.1) is 17.7 Å². The van der Waals surface area contributed by atoms with Crippen LogP contribution in [0.25, 0.3) is 0 Å². The fourth-order valence-corrected chi connectivity index (χ4v) is 3.60. The van der Waals surface area contributed by atoms with Gasteiger partial charge in [0, 0.05) is 18.5 Å². The first kappa shape index (κ1) is 13.8. The lowest BCUT2D eigenvalue weighted by Crippen LogP contribution is -2.33. The Labute approximate surface area is 125 Å². The first-order valence-corrected chi connectivity index (χ1v) is 7.77. The number of fused-ring (bicyclic) bond motifs is 1. The standard InChI is InChI=1S/C16H15NO3S/c1-20-12-6-8-13(9-7-12)21(19)17-11-10-16(18)14-4-2-3-5-15(14)17/h2-9H,10-11H2,1H3. The molecule has 1 atom stereocenters. The van der Waals surface area contributed by atoms with Crippen LogP contribution in [0, 0.1) is 0 Å². The summed E-state index contributed by atoms with van der Waals surface area (Å²) in [7, 11) is 0.265. The summed E-state index contributed by atoms with van der Waals surface area (Å²) in [6.07, 6.45) is 0.388. The average molecular weight is 301 g/mol. The molecule has 0 radical (unpaired) electrons. The lowest BCUT2D eigenvalue weighted by Gasteiger charge is -2.29. The third-order valence-corrected chi connectivity index (χ3v) is 4.93. The number of rotatable bonds is 3. The van der Waals surface area contributed by atoms with Crippen molar-refractivity contribution in [2.45, 2.75) is 11.3 Å². The number of ether oxygens (including phenoxy) is 1.